The lowest BCUT2D eigenvalue weighted by Gasteiger charge is -2.21. The first kappa shape index (κ1) is 9.98. The van der Waals surface area contributed by atoms with Gasteiger partial charge >= 0.3 is 0 Å². The molecule has 0 bridgehead atoms. The van der Waals surface area contributed by atoms with Crippen LogP contribution in [0.4, 0.5) is 0 Å². The van der Waals surface area contributed by atoms with Crippen LogP contribution in [0.25, 0.3) is 0 Å². The highest BCUT2D eigenvalue weighted by atomic mass is 16.5. The molecule has 1 fully saturated rings. The molecule has 0 aromatic carbocycles. The highest BCUT2D eigenvalue weighted by Gasteiger charge is 2.18. The molecular weight excluding hydrogens is 172 g/mol. The van der Waals surface area contributed by atoms with Gasteiger partial charge < -0.3 is 15.7 Å². The van der Waals surface area contributed by atoms with E-state index < -0.39 is 5.91 Å². The molecule has 1 rings (SSSR count). The number of hydrogen-bond donors (Lipinski definition) is 2. The summed E-state index contributed by atoms with van der Waals surface area (Å²) >= 11 is 0. The molecule has 0 aromatic rings. The second-order valence-electron chi connectivity index (χ2n) is 3.14. The molecule has 0 radical (unpaired) electrons. The third-order valence-corrected chi connectivity index (χ3v) is 2.11. The van der Waals surface area contributed by atoms with Gasteiger partial charge in [0.05, 0.1) is 11.8 Å². The number of nitrogens with zero attached hydrogens (tertiary/aromatic N) is 1. The Bertz CT molecular complexity index is 205. The van der Waals surface area contributed by atoms with Gasteiger partial charge in [-0.15, -0.1) is 0 Å². The summed E-state index contributed by atoms with van der Waals surface area (Å²) in [6.45, 7) is -0.0176. The van der Waals surface area contributed by atoms with E-state index in [4.69, 9.17) is 15.7 Å². The number of carbonyl (C=O) groups excluding carboxylic acids is 1. The number of nitrogens with two attached hydrogens (primary N) is 1. The molecule has 1 saturated carbocycles. The van der Waals surface area contributed by atoms with Crippen LogP contribution in [0.1, 0.15) is 25.7 Å². The van der Waals surface area contributed by atoms with E-state index in [0.29, 0.717) is 0 Å². The van der Waals surface area contributed by atoms with E-state index >= 15 is 0 Å². The molecule has 1 amide bonds. The van der Waals surface area contributed by atoms with Crippen molar-refractivity contribution < 1.29 is 14.7 Å². The number of rotatable bonds is 3. The summed E-state index contributed by atoms with van der Waals surface area (Å²) in [6.07, 6.45) is 3.15. The summed E-state index contributed by atoms with van der Waals surface area (Å²) in [5.74, 6) is -0.443. The molecule has 0 spiro atoms. The summed E-state index contributed by atoms with van der Waals surface area (Å²) < 4.78 is 5.23. The van der Waals surface area contributed by atoms with E-state index in [9.17, 15) is 4.79 Å². The van der Waals surface area contributed by atoms with Gasteiger partial charge in [-0.3, -0.25) is 4.79 Å². The van der Waals surface area contributed by atoms with Crippen molar-refractivity contribution in [2.45, 2.75) is 31.8 Å². The van der Waals surface area contributed by atoms with Gasteiger partial charge in [0.15, 0.2) is 0 Å². The van der Waals surface area contributed by atoms with Crippen LogP contribution in [0, 0.1) is 0 Å². The smallest absolute Gasteiger partial charge is 0.243 e. The van der Waals surface area contributed by atoms with Crippen molar-refractivity contribution >= 4 is 11.6 Å². The first-order valence-electron chi connectivity index (χ1n) is 4.32. The van der Waals surface area contributed by atoms with Crippen LogP contribution in [0.2, 0.25) is 0 Å². The fourth-order valence-electron chi connectivity index (χ4n) is 1.39. The fraction of sp³-hybridized carbons (Fsp3) is 0.750. The van der Waals surface area contributed by atoms with Crippen molar-refractivity contribution in [3.05, 3.63) is 0 Å². The lowest BCUT2D eigenvalue weighted by molar-refractivity contribution is -0.124. The van der Waals surface area contributed by atoms with E-state index in [2.05, 4.69) is 5.16 Å². The molecule has 74 valence electrons. The maximum absolute atomic E-state index is 10.4. The molecule has 0 heterocycles. The normalized spacial score (nSPS) is 22.8. The van der Waals surface area contributed by atoms with Crippen LogP contribution in [-0.4, -0.2) is 29.5 Å². The molecule has 13 heavy (non-hydrogen) atoms. The van der Waals surface area contributed by atoms with Gasteiger partial charge in [0, 0.05) is 0 Å². The average molecular weight is 186 g/mol. The van der Waals surface area contributed by atoms with Crippen molar-refractivity contribution in [2.24, 2.45) is 10.9 Å². The van der Waals surface area contributed by atoms with Crippen LogP contribution < -0.4 is 5.73 Å². The van der Waals surface area contributed by atoms with E-state index in [1.165, 1.54) is 0 Å². The minimum absolute atomic E-state index is 0.0176. The summed E-state index contributed by atoms with van der Waals surface area (Å²) in [7, 11) is 0. The van der Waals surface area contributed by atoms with Crippen molar-refractivity contribution in [3.8, 4) is 0 Å². The lowest BCUT2D eigenvalue weighted by atomic mass is 9.96. The van der Waals surface area contributed by atoms with Gasteiger partial charge in [-0.05, 0) is 25.7 Å². The van der Waals surface area contributed by atoms with Gasteiger partial charge in [-0.1, -0.05) is 5.16 Å². The zero-order valence-electron chi connectivity index (χ0n) is 7.40. The Balaban J connectivity index is 2.21. The van der Waals surface area contributed by atoms with E-state index in [0.717, 1.165) is 31.4 Å². The van der Waals surface area contributed by atoms with Crippen molar-refractivity contribution in [3.63, 3.8) is 0 Å². The molecule has 0 aromatic heterocycles. The lowest BCUT2D eigenvalue weighted by Crippen LogP contribution is -2.27. The van der Waals surface area contributed by atoms with E-state index in [-0.39, 0.29) is 12.7 Å². The van der Waals surface area contributed by atoms with Gasteiger partial charge in [0.2, 0.25) is 5.91 Å². The number of amides is 1. The molecule has 0 saturated heterocycles. The standard InChI is InChI=1S/C8H14N2O3/c9-8(11)5-13-7-3-1-6(10-12)2-4-7/h7,12H,1-5H2,(H2,9,11). The monoisotopic (exact) mass is 186 g/mol. The summed E-state index contributed by atoms with van der Waals surface area (Å²) in [5.41, 5.74) is 5.74. The number of ether oxygens (including phenoxy) is 1. The fourth-order valence-corrected chi connectivity index (χ4v) is 1.39. The molecule has 5 nitrogen and oxygen atoms in total. The Morgan fingerprint density at radius 2 is 2.23 bits per heavy atom. The predicted molar refractivity (Wildman–Crippen MR) is 46.6 cm³/mol. The van der Waals surface area contributed by atoms with E-state index in [1.54, 1.807) is 0 Å². The average Bonchev–Trinajstić information content (AvgIpc) is 2.15. The summed E-state index contributed by atoms with van der Waals surface area (Å²) in [5, 5.41) is 11.6. The van der Waals surface area contributed by atoms with Crippen molar-refractivity contribution in [1.29, 1.82) is 0 Å². The van der Waals surface area contributed by atoms with Crippen molar-refractivity contribution in [1.82, 2.24) is 0 Å². The number of oxime groups is 1. The zero-order valence-corrected chi connectivity index (χ0v) is 7.40. The van der Waals surface area contributed by atoms with Gasteiger partial charge in [-0.25, -0.2) is 0 Å². The van der Waals surface area contributed by atoms with Crippen molar-refractivity contribution in [2.75, 3.05) is 6.61 Å². The minimum atomic E-state index is -0.443. The third-order valence-electron chi connectivity index (χ3n) is 2.11. The zero-order chi connectivity index (χ0) is 9.68. The molecular formula is C8H14N2O3. The second kappa shape index (κ2) is 4.81. The van der Waals surface area contributed by atoms with Gasteiger partial charge in [-0.2, -0.15) is 0 Å². The molecule has 3 N–H and O–H groups in total. The Hall–Kier alpha value is -1.10. The highest BCUT2D eigenvalue weighted by molar-refractivity contribution is 5.84. The van der Waals surface area contributed by atoms with E-state index in [1.807, 2.05) is 0 Å². The Labute approximate surface area is 76.5 Å². The minimum Gasteiger partial charge on any atom is -0.411 e. The second-order valence-corrected chi connectivity index (χ2v) is 3.14. The Morgan fingerprint density at radius 1 is 1.62 bits per heavy atom. The summed E-state index contributed by atoms with van der Waals surface area (Å²) in [4.78, 5) is 10.4. The molecule has 0 aliphatic heterocycles. The van der Waals surface area contributed by atoms with Gasteiger partial charge in [0.1, 0.15) is 6.61 Å². The quantitative estimate of drug-likeness (QED) is 0.489. The molecule has 1 aliphatic rings. The maximum Gasteiger partial charge on any atom is 0.243 e. The van der Waals surface area contributed by atoms with Crippen LogP contribution in [0.15, 0.2) is 5.16 Å². The first-order valence-corrected chi connectivity index (χ1v) is 4.32. The summed E-state index contributed by atoms with van der Waals surface area (Å²) in [6, 6.07) is 0. The molecule has 5 heteroatoms. The van der Waals surface area contributed by atoms with Gasteiger partial charge in [0.25, 0.3) is 0 Å². The van der Waals surface area contributed by atoms with Crippen LogP contribution in [-0.2, 0) is 9.53 Å². The molecule has 0 atom stereocenters. The largest absolute Gasteiger partial charge is 0.411 e. The predicted octanol–water partition coefficient (Wildman–Crippen LogP) is 0.261. The van der Waals surface area contributed by atoms with Crippen LogP contribution in [0.3, 0.4) is 0 Å². The number of carbonyl (C=O) groups is 1. The third kappa shape index (κ3) is 3.42. The Kier molecular flexibility index (Phi) is 3.70. The Morgan fingerprint density at radius 3 is 2.69 bits per heavy atom. The molecule has 1 aliphatic carbocycles. The highest BCUT2D eigenvalue weighted by Crippen LogP contribution is 2.18. The maximum atomic E-state index is 10.4. The van der Waals surface area contributed by atoms with Crippen LogP contribution >= 0.6 is 0 Å². The number of hydrogen-bond acceptors (Lipinski definition) is 4. The molecule has 0 unspecified atom stereocenters. The number of primary amides is 1. The van der Waals surface area contributed by atoms with Crippen LogP contribution in [0.5, 0.6) is 0 Å². The SMILES string of the molecule is NC(=O)COC1CCC(=NO)CC1. The topological polar surface area (TPSA) is 84.9 Å². The first-order chi connectivity index (χ1) is 6.22.